The lowest BCUT2D eigenvalue weighted by Gasteiger charge is -2.29. The second kappa shape index (κ2) is 38.2. The number of amides is 10. The fraction of sp³-hybridized carbons (Fsp3) is 0.509. The van der Waals surface area contributed by atoms with Crippen molar-refractivity contribution in [3.05, 3.63) is 65.7 Å². The van der Waals surface area contributed by atoms with Crippen molar-refractivity contribution in [1.82, 2.24) is 47.9 Å². The SMILES string of the molecule is CC(C)C[C@H](NC(=O)[C@H](CC(N)=O)NC(=O)[C@@H](NC(=O)[C@H](CC(=O)O)NC(=O)[C@H](CCCN=C(N)N)NC(=O)[C@H](CCCN=C(N)N)NC(=O)[C@H](C)N)[C@@H](C)O)C(=O)N[C@@H](Cc1ccccc1)C(=O)N[C@@H](CC(=O)O)C(=O)N[C@@H](Cc1ccc(O)cc1)C(=O)O. The van der Waals surface area contributed by atoms with Gasteiger partial charge >= 0.3 is 17.9 Å². The summed E-state index contributed by atoms with van der Waals surface area (Å²) in [4.78, 5) is 181. The molecule has 0 aliphatic carbocycles. The summed E-state index contributed by atoms with van der Waals surface area (Å²) in [6.45, 7) is 5.54. The number of guanidine groups is 2. The van der Waals surface area contributed by atoms with E-state index in [1.807, 2.05) is 0 Å². The van der Waals surface area contributed by atoms with Gasteiger partial charge in [0.05, 0.1) is 31.4 Å². The van der Waals surface area contributed by atoms with Crippen LogP contribution in [0.4, 0.5) is 0 Å². The normalized spacial score (nSPS) is 14.6. The molecule has 10 amide bonds. The van der Waals surface area contributed by atoms with E-state index in [1.165, 1.54) is 31.2 Å². The Kier molecular flexibility index (Phi) is 32.2. The Morgan fingerprint density at radius 1 is 0.444 bits per heavy atom. The summed E-state index contributed by atoms with van der Waals surface area (Å²) in [6, 6.07) is -3.77. The van der Waals surface area contributed by atoms with Crippen molar-refractivity contribution in [2.75, 3.05) is 13.1 Å². The number of rotatable bonds is 40. The number of carboxylic acids is 3. The number of primary amides is 1. The van der Waals surface area contributed by atoms with Crippen LogP contribution >= 0.6 is 0 Å². The van der Waals surface area contributed by atoms with Gasteiger partial charge in [0.2, 0.25) is 59.1 Å². The van der Waals surface area contributed by atoms with Crippen LogP contribution in [-0.2, 0) is 75.2 Å². The molecular weight excluding hydrogens is 1190 g/mol. The molecule has 0 aliphatic rings. The van der Waals surface area contributed by atoms with Crippen LogP contribution in [0.25, 0.3) is 0 Å². The highest BCUT2D eigenvalue weighted by Crippen LogP contribution is 2.14. The monoisotopic (exact) mass is 1270 g/mol. The van der Waals surface area contributed by atoms with Crippen LogP contribution in [0.2, 0.25) is 0 Å². The molecule has 0 fully saturated rings. The molecule has 2 aromatic carbocycles. The van der Waals surface area contributed by atoms with Crippen LogP contribution in [0.5, 0.6) is 5.75 Å². The lowest BCUT2D eigenvalue weighted by atomic mass is 10.00. The molecule has 11 atom stereocenters. The minimum Gasteiger partial charge on any atom is -0.508 e. The van der Waals surface area contributed by atoms with Gasteiger partial charge in [0.15, 0.2) is 11.9 Å². The number of aromatic hydroxyl groups is 1. The summed E-state index contributed by atoms with van der Waals surface area (Å²) in [6.07, 6.45) is -6.18. The number of carbonyl (C=O) groups is 13. The van der Waals surface area contributed by atoms with Gasteiger partial charge in [-0.25, -0.2) is 4.79 Å². The first-order valence-corrected chi connectivity index (χ1v) is 28.2. The average Bonchev–Trinajstić information content (AvgIpc) is 1.28. The molecule has 496 valence electrons. The molecule has 0 aliphatic heterocycles. The molecule has 35 heteroatoms. The van der Waals surface area contributed by atoms with Crippen LogP contribution in [0.15, 0.2) is 64.6 Å². The zero-order valence-electron chi connectivity index (χ0n) is 50.0. The number of aliphatic imine (C=N–C) groups is 2. The van der Waals surface area contributed by atoms with Crippen molar-refractivity contribution in [2.24, 2.45) is 50.3 Å². The topological polar surface area (TPSA) is 612 Å². The van der Waals surface area contributed by atoms with Gasteiger partial charge in [-0.3, -0.25) is 67.5 Å². The second-order valence-corrected chi connectivity index (χ2v) is 21.3. The number of phenolic OH excluding ortho intramolecular Hbond substituents is 1. The van der Waals surface area contributed by atoms with Gasteiger partial charge in [0.1, 0.15) is 60.1 Å². The molecular formula is C55H83N17O18. The summed E-state index contributed by atoms with van der Waals surface area (Å²) in [5.74, 6) is -17.5. The van der Waals surface area contributed by atoms with E-state index >= 15 is 0 Å². The van der Waals surface area contributed by atoms with E-state index in [1.54, 1.807) is 44.2 Å². The van der Waals surface area contributed by atoms with Crippen LogP contribution < -0.4 is 82.3 Å². The predicted molar refractivity (Wildman–Crippen MR) is 320 cm³/mol. The molecule has 0 spiro atoms. The van der Waals surface area contributed by atoms with E-state index in [2.05, 4.69) is 57.8 Å². The van der Waals surface area contributed by atoms with E-state index in [-0.39, 0.29) is 75.7 Å². The molecule has 2 aromatic rings. The number of carbonyl (C=O) groups excluding carboxylic acids is 10. The van der Waals surface area contributed by atoms with Gasteiger partial charge < -0.3 is 108 Å². The summed E-state index contributed by atoms with van der Waals surface area (Å²) in [5.41, 5.74) is 33.6. The van der Waals surface area contributed by atoms with Crippen LogP contribution in [0.1, 0.15) is 90.2 Å². The number of aliphatic carboxylic acids is 3. The number of phenols is 1. The molecule has 0 radical (unpaired) electrons. The number of carboxylic acid groups (broad SMARTS) is 3. The van der Waals surface area contributed by atoms with Crippen molar-refractivity contribution in [1.29, 1.82) is 0 Å². The number of aliphatic hydroxyl groups is 1. The second-order valence-electron chi connectivity index (χ2n) is 21.3. The van der Waals surface area contributed by atoms with Crippen molar-refractivity contribution in [3.63, 3.8) is 0 Å². The van der Waals surface area contributed by atoms with Gasteiger partial charge in [-0.2, -0.15) is 0 Å². The maximum absolute atomic E-state index is 14.3. The van der Waals surface area contributed by atoms with E-state index in [4.69, 9.17) is 34.4 Å². The maximum atomic E-state index is 14.3. The van der Waals surface area contributed by atoms with E-state index in [0.29, 0.717) is 11.1 Å². The van der Waals surface area contributed by atoms with Gasteiger partial charge in [-0.1, -0.05) is 56.3 Å². The zero-order chi connectivity index (χ0) is 67.9. The Balaban J connectivity index is 2.48. The van der Waals surface area contributed by atoms with Crippen molar-refractivity contribution >= 4 is 88.9 Å². The first-order valence-electron chi connectivity index (χ1n) is 28.2. The summed E-state index contributed by atoms with van der Waals surface area (Å²) in [7, 11) is 0. The van der Waals surface area contributed by atoms with Gasteiger partial charge in [0, 0.05) is 25.9 Å². The summed E-state index contributed by atoms with van der Waals surface area (Å²) >= 11 is 0. The molecule has 0 aromatic heterocycles. The molecule has 0 heterocycles. The van der Waals surface area contributed by atoms with Crippen molar-refractivity contribution < 1.29 is 87.9 Å². The Hall–Kier alpha value is -10.2. The lowest BCUT2D eigenvalue weighted by Crippen LogP contribution is -2.62. The third kappa shape index (κ3) is 29.0. The average molecular weight is 1270 g/mol. The minimum atomic E-state index is -2.11. The number of hydrogen-bond acceptors (Lipinski definition) is 18. The molecule has 2 rings (SSSR count). The number of benzene rings is 2. The largest absolute Gasteiger partial charge is 0.508 e. The molecule has 0 unspecified atom stereocenters. The Morgan fingerprint density at radius 2 is 0.811 bits per heavy atom. The van der Waals surface area contributed by atoms with Gasteiger partial charge in [0.25, 0.3) is 0 Å². The maximum Gasteiger partial charge on any atom is 0.326 e. The van der Waals surface area contributed by atoms with Gasteiger partial charge in [-0.15, -0.1) is 0 Å². The van der Waals surface area contributed by atoms with Crippen LogP contribution in [0.3, 0.4) is 0 Å². The highest BCUT2D eigenvalue weighted by molar-refractivity contribution is 6.00. The zero-order valence-corrected chi connectivity index (χ0v) is 50.0. The number of nitrogens with one attached hydrogen (secondary N) is 9. The first kappa shape index (κ1) is 75.9. The van der Waals surface area contributed by atoms with Crippen molar-refractivity contribution in [3.8, 4) is 5.75 Å². The predicted octanol–water partition coefficient (Wildman–Crippen LogP) is -6.67. The number of hydrogen-bond donors (Lipinski definition) is 20. The summed E-state index contributed by atoms with van der Waals surface area (Å²) in [5, 5.41) is 70.8. The fourth-order valence-corrected chi connectivity index (χ4v) is 8.41. The standard InChI is InChI=1S/C55H83N17O18/c1-26(2)20-34(47(83)67-35(21-29-10-6-5-7-11-29)48(84)69-37(24-41(76)77)50(86)71-39(53(89)90)22-30-14-16-31(74)17-15-30)66-49(85)36(23-40(57)75)70-52(88)43(28(4)73)72-51(87)38(25-42(78)79)68-46(82)33(13-9-19-63-55(60)61)65-45(81)32(64-44(80)27(3)56)12-8-18-62-54(58)59/h5-7,10-11,14-17,26-28,32-39,43,73-74H,8-9,12-13,18-25,56H2,1-4H3,(H2,57,75)(H,64,80)(H,65,81)(H,66,85)(H,67,83)(H,68,82)(H,69,84)(H,70,88)(H,71,86)(H,72,87)(H,76,77)(H,78,79)(H,89,90)(H4,58,59,62)(H4,60,61,63)/t27-,28+,32-,33-,34-,35-,36-,37-,38-,39-,43-/m0/s1. The number of nitrogens with zero attached hydrogens (tertiary/aromatic N) is 2. The smallest absolute Gasteiger partial charge is 0.326 e. The Bertz CT molecular complexity index is 2890. The van der Waals surface area contributed by atoms with Crippen molar-refractivity contribution in [2.45, 2.75) is 158 Å². The fourth-order valence-electron chi connectivity index (χ4n) is 8.41. The van der Waals surface area contributed by atoms with E-state index in [9.17, 15) is 87.9 Å². The highest BCUT2D eigenvalue weighted by atomic mass is 16.4. The first-order chi connectivity index (χ1) is 42.2. The molecule has 0 bridgehead atoms. The molecule has 0 saturated carbocycles. The third-order valence-electron chi connectivity index (χ3n) is 12.9. The Labute approximate surface area is 516 Å². The van der Waals surface area contributed by atoms with E-state index in [0.717, 1.165) is 6.92 Å². The number of nitrogens with two attached hydrogens (primary N) is 6. The third-order valence-corrected chi connectivity index (χ3v) is 12.9. The molecule has 90 heavy (non-hydrogen) atoms. The van der Waals surface area contributed by atoms with E-state index < -0.39 is 169 Å². The highest BCUT2D eigenvalue weighted by Gasteiger charge is 2.38. The summed E-state index contributed by atoms with van der Waals surface area (Å²) < 4.78 is 0. The molecule has 35 nitrogen and oxygen atoms in total. The Morgan fingerprint density at radius 3 is 1.24 bits per heavy atom. The number of aliphatic hydroxyl groups excluding tert-OH is 1. The lowest BCUT2D eigenvalue weighted by molar-refractivity contribution is -0.144. The van der Waals surface area contributed by atoms with Crippen LogP contribution in [0, 0.1) is 5.92 Å². The van der Waals surface area contributed by atoms with Gasteiger partial charge in [-0.05, 0) is 75.1 Å². The minimum absolute atomic E-state index is 0.00463. The molecule has 0 saturated heterocycles. The molecule has 26 N–H and O–H groups in total. The van der Waals surface area contributed by atoms with Crippen LogP contribution in [-0.4, -0.2) is 194 Å². The quantitative estimate of drug-likeness (QED) is 0.0168.